The number of hydrogen-bond acceptors (Lipinski definition) is 4. The molecule has 1 aromatic carbocycles. The van der Waals surface area contributed by atoms with Crippen LogP contribution in [-0.2, 0) is 35.7 Å². The molecule has 1 aliphatic heterocycles. The minimum Gasteiger partial charge on any atom is -0.307 e. The summed E-state index contributed by atoms with van der Waals surface area (Å²) in [5.41, 5.74) is 5.71. The summed E-state index contributed by atoms with van der Waals surface area (Å²) in [4.78, 5) is 15.0. The fraction of sp³-hybridized carbons (Fsp3) is 0.682. The lowest BCUT2D eigenvalue weighted by atomic mass is 9.99. The van der Waals surface area contributed by atoms with E-state index in [1.165, 1.54) is 28.7 Å². The van der Waals surface area contributed by atoms with Crippen LogP contribution in [0.4, 0.5) is 10.5 Å². The van der Waals surface area contributed by atoms with Gasteiger partial charge in [-0.15, -0.1) is 0 Å². The molecule has 2 fully saturated rings. The number of urea groups is 1. The van der Waals surface area contributed by atoms with Crippen LogP contribution < -0.4 is 10.0 Å². The topological polar surface area (TPSA) is 78.5 Å². The van der Waals surface area contributed by atoms with Gasteiger partial charge in [0.25, 0.3) is 0 Å². The first-order chi connectivity index (χ1) is 14.0. The van der Waals surface area contributed by atoms with Crippen LogP contribution in [0, 0.1) is 0 Å². The van der Waals surface area contributed by atoms with Crippen LogP contribution in [0.3, 0.4) is 0 Å². The van der Waals surface area contributed by atoms with Crippen LogP contribution in [0.2, 0.25) is 0 Å². The Kier molecular flexibility index (Phi) is 4.86. The monoisotopic (exact) mass is 417 g/mol. The van der Waals surface area contributed by atoms with Crippen molar-refractivity contribution in [3.05, 3.63) is 28.3 Å². The van der Waals surface area contributed by atoms with Crippen molar-refractivity contribution in [3.8, 4) is 0 Å². The number of likely N-dealkylation sites (tertiary alicyclic amines) is 1. The van der Waals surface area contributed by atoms with E-state index in [0.717, 1.165) is 83.0 Å². The number of aryl methyl sites for hydroxylation is 2. The molecule has 1 saturated heterocycles. The number of sulfonamides is 1. The van der Waals surface area contributed by atoms with Gasteiger partial charge in [-0.3, -0.25) is 4.90 Å². The summed E-state index contributed by atoms with van der Waals surface area (Å²) in [5.74, 6) is 0.0262. The molecular weight excluding hydrogens is 386 g/mol. The molecule has 0 spiro atoms. The molecule has 1 heterocycles. The maximum absolute atomic E-state index is 12.8. The molecule has 0 radical (unpaired) electrons. The number of benzene rings is 1. The van der Waals surface area contributed by atoms with E-state index in [0.29, 0.717) is 0 Å². The predicted octanol–water partition coefficient (Wildman–Crippen LogP) is 3.13. The summed E-state index contributed by atoms with van der Waals surface area (Å²) in [6.45, 7) is 1.95. The Bertz CT molecular complexity index is 899. The van der Waals surface area contributed by atoms with Gasteiger partial charge in [0.2, 0.25) is 10.0 Å². The average molecular weight is 418 g/mol. The van der Waals surface area contributed by atoms with E-state index in [9.17, 15) is 13.2 Å². The molecule has 4 aliphatic rings. The Morgan fingerprint density at radius 3 is 2.14 bits per heavy atom. The van der Waals surface area contributed by atoms with Gasteiger partial charge in [0.15, 0.2) is 0 Å². The molecule has 7 heteroatoms. The van der Waals surface area contributed by atoms with Crippen molar-refractivity contribution in [2.75, 3.05) is 24.2 Å². The maximum Gasteiger partial charge on any atom is 0.332 e. The molecule has 0 aromatic heterocycles. The zero-order chi connectivity index (χ0) is 20.1. The lowest BCUT2D eigenvalue weighted by Crippen LogP contribution is -2.48. The number of fused-ring (bicyclic) bond motifs is 2. The van der Waals surface area contributed by atoms with Crippen LogP contribution in [-0.4, -0.2) is 43.7 Å². The summed E-state index contributed by atoms with van der Waals surface area (Å²) in [6, 6.07) is 1.70. The van der Waals surface area contributed by atoms with Crippen molar-refractivity contribution in [2.24, 2.45) is 0 Å². The van der Waals surface area contributed by atoms with E-state index in [-0.39, 0.29) is 11.3 Å². The molecule has 158 valence electrons. The SMILES string of the molecule is O=C(Nc1c2c(cc3c1CCC3)CCC2)NS(=O)(=O)CC1(N2CCCCC2)CC1. The largest absolute Gasteiger partial charge is 0.332 e. The fourth-order valence-corrected chi connectivity index (χ4v) is 7.29. The molecule has 29 heavy (non-hydrogen) atoms. The second kappa shape index (κ2) is 7.27. The molecule has 0 bridgehead atoms. The van der Waals surface area contributed by atoms with Crippen LogP contribution in [0.25, 0.3) is 0 Å². The van der Waals surface area contributed by atoms with E-state index in [2.05, 4.69) is 21.0 Å². The maximum atomic E-state index is 12.8. The molecule has 1 aromatic rings. The van der Waals surface area contributed by atoms with Gasteiger partial charge in [-0.05, 0) is 99.6 Å². The zero-order valence-electron chi connectivity index (χ0n) is 17.1. The lowest BCUT2D eigenvalue weighted by Gasteiger charge is -2.34. The first-order valence-corrected chi connectivity index (χ1v) is 12.8. The van der Waals surface area contributed by atoms with Gasteiger partial charge in [-0.2, -0.15) is 0 Å². The smallest absolute Gasteiger partial charge is 0.307 e. The van der Waals surface area contributed by atoms with E-state index in [1.54, 1.807) is 0 Å². The van der Waals surface area contributed by atoms with Gasteiger partial charge in [0, 0.05) is 11.2 Å². The Morgan fingerprint density at radius 1 is 0.931 bits per heavy atom. The van der Waals surface area contributed by atoms with Gasteiger partial charge in [-0.25, -0.2) is 17.9 Å². The predicted molar refractivity (Wildman–Crippen MR) is 114 cm³/mol. The van der Waals surface area contributed by atoms with Crippen molar-refractivity contribution in [1.29, 1.82) is 0 Å². The van der Waals surface area contributed by atoms with Crippen molar-refractivity contribution >= 4 is 21.7 Å². The van der Waals surface area contributed by atoms with Crippen molar-refractivity contribution in [2.45, 2.75) is 76.2 Å². The molecule has 3 aliphatic carbocycles. The second-order valence-electron chi connectivity index (χ2n) is 9.32. The summed E-state index contributed by atoms with van der Waals surface area (Å²) in [5, 5.41) is 2.94. The number of nitrogens with one attached hydrogen (secondary N) is 2. The third-order valence-electron chi connectivity index (χ3n) is 7.27. The summed E-state index contributed by atoms with van der Waals surface area (Å²) >= 11 is 0. The third kappa shape index (κ3) is 3.79. The van der Waals surface area contributed by atoms with Gasteiger partial charge in [0.1, 0.15) is 0 Å². The van der Waals surface area contributed by atoms with Gasteiger partial charge in [-0.1, -0.05) is 12.5 Å². The number of rotatable bonds is 5. The molecule has 5 rings (SSSR count). The Labute approximate surface area is 173 Å². The number of amides is 2. The highest BCUT2D eigenvalue weighted by Gasteiger charge is 2.51. The molecule has 6 nitrogen and oxygen atoms in total. The summed E-state index contributed by atoms with van der Waals surface area (Å²) in [7, 11) is -3.68. The Balaban J connectivity index is 1.29. The highest BCUT2D eigenvalue weighted by Crippen LogP contribution is 2.44. The number of carbonyl (C=O) groups excluding carboxylic acids is 1. The molecule has 2 amide bonds. The third-order valence-corrected chi connectivity index (χ3v) is 8.69. The van der Waals surface area contributed by atoms with Gasteiger partial charge < -0.3 is 5.32 Å². The molecule has 0 unspecified atom stereocenters. The number of piperidine rings is 1. The number of carbonyl (C=O) groups is 1. The Morgan fingerprint density at radius 2 is 1.55 bits per heavy atom. The Hall–Kier alpha value is -1.60. The minimum atomic E-state index is -3.68. The molecular formula is C22H31N3O3S. The van der Waals surface area contributed by atoms with E-state index in [1.807, 2.05) is 0 Å². The first kappa shape index (κ1) is 19.4. The van der Waals surface area contributed by atoms with Gasteiger partial charge >= 0.3 is 6.03 Å². The van der Waals surface area contributed by atoms with Crippen molar-refractivity contribution in [1.82, 2.24) is 9.62 Å². The highest BCUT2D eigenvalue weighted by atomic mass is 32.2. The second-order valence-corrected chi connectivity index (χ2v) is 11.0. The van der Waals surface area contributed by atoms with Crippen LogP contribution in [0.15, 0.2) is 6.07 Å². The quantitative estimate of drug-likeness (QED) is 0.772. The summed E-state index contributed by atoms with van der Waals surface area (Å²) in [6.07, 6.45) is 11.6. The first-order valence-electron chi connectivity index (χ1n) is 11.2. The molecule has 2 N–H and O–H groups in total. The van der Waals surface area contributed by atoms with E-state index < -0.39 is 16.1 Å². The van der Waals surface area contributed by atoms with Crippen LogP contribution >= 0.6 is 0 Å². The van der Waals surface area contributed by atoms with E-state index >= 15 is 0 Å². The highest BCUT2D eigenvalue weighted by molar-refractivity contribution is 7.90. The van der Waals surface area contributed by atoms with Crippen LogP contribution in [0.1, 0.15) is 67.2 Å². The number of anilines is 1. The van der Waals surface area contributed by atoms with Crippen molar-refractivity contribution in [3.63, 3.8) is 0 Å². The fourth-order valence-electron chi connectivity index (χ4n) is 5.70. The van der Waals surface area contributed by atoms with Gasteiger partial charge in [0.05, 0.1) is 5.75 Å². The minimum absolute atomic E-state index is 0.0262. The standard InChI is InChI=1S/C22H31N3O3S/c26-21(23-20-18-8-4-6-16(18)14-17-7-5-9-19(17)20)24-29(27,28)15-22(10-11-22)25-12-2-1-3-13-25/h14H,1-13,15H2,(H2,23,24,26). The molecule has 1 saturated carbocycles. The number of nitrogens with zero attached hydrogens (tertiary/aromatic N) is 1. The zero-order valence-corrected chi connectivity index (χ0v) is 17.9. The van der Waals surface area contributed by atoms with Crippen molar-refractivity contribution < 1.29 is 13.2 Å². The normalized spacial score (nSPS) is 22.8. The average Bonchev–Trinajstić information content (AvgIpc) is 3.09. The number of hydrogen-bond donors (Lipinski definition) is 2. The lowest BCUT2D eigenvalue weighted by molar-refractivity contribution is 0.159. The van der Waals surface area contributed by atoms with E-state index in [4.69, 9.17) is 0 Å². The molecule has 0 atom stereocenters. The summed E-state index contributed by atoms with van der Waals surface area (Å²) < 4.78 is 27.9. The van der Waals surface area contributed by atoms with Crippen LogP contribution in [0.5, 0.6) is 0 Å².